The van der Waals surface area contributed by atoms with Crippen LogP contribution in [0.2, 0.25) is 0 Å². The standard InChI is InChI=1S/Na.H2O.O.Sn/h;1H2;;/q+1;;-1;+1/p-1. The van der Waals surface area contributed by atoms with Gasteiger partial charge in [-0.15, -0.1) is 0 Å². The molecule has 0 aromatic heterocycles. The summed E-state index contributed by atoms with van der Waals surface area (Å²) >= 11 is -2.02. The second-order valence-corrected chi connectivity index (χ2v) is 0.612. The van der Waals surface area contributed by atoms with E-state index < -0.39 is 22.0 Å². The number of rotatable bonds is 0. The summed E-state index contributed by atoms with van der Waals surface area (Å²) in [6, 6.07) is 0. The van der Waals surface area contributed by atoms with Crippen LogP contribution in [0.3, 0.4) is 0 Å². The Morgan fingerprint density at radius 2 is 1.75 bits per heavy atom. The second-order valence-electron chi connectivity index (χ2n) is 0.0913. The Labute approximate surface area is 57.8 Å². The summed E-state index contributed by atoms with van der Waals surface area (Å²) < 4.78 is 15.8. The zero-order valence-corrected chi connectivity index (χ0v) is 7.21. The van der Waals surface area contributed by atoms with Crippen molar-refractivity contribution in [2.45, 2.75) is 0 Å². The Hall–Kier alpha value is 1.72. The maximum atomic E-state index is 8.66. The van der Waals surface area contributed by atoms with Crippen LogP contribution in [0.5, 0.6) is 0 Å². The van der Waals surface area contributed by atoms with Crippen molar-refractivity contribution in [1.29, 1.82) is 0 Å². The first kappa shape index (κ1) is 9.21. The van der Waals surface area contributed by atoms with Gasteiger partial charge in [-0.05, 0) is 0 Å². The van der Waals surface area contributed by atoms with E-state index in [1.807, 2.05) is 0 Å². The number of hydrogen-bond acceptors (Lipinski definition) is 2. The van der Waals surface area contributed by atoms with E-state index in [-0.39, 0.29) is 29.6 Å². The van der Waals surface area contributed by atoms with Gasteiger partial charge in [-0.3, -0.25) is 0 Å². The molecular weight excluding hydrogens is 174 g/mol. The fourth-order valence-corrected chi connectivity index (χ4v) is 0. The molecule has 2 nitrogen and oxygen atoms in total. The molecule has 0 saturated carbocycles. The minimum absolute atomic E-state index is 0. The van der Waals surface area contributed by atoms with Gasteiger partial charge in [0.05, 0.1) is 0 Å². The van der Waals surface area contributed by atoms with E-state index >= 15 is 0 Å². The minimum atomic E-state index is -2.02. The van der Waals surface area contributed by atoms with Gasteiger partial charge < -0.3 is 0 Å². The first-order valence-electron chi connectivity index (χ1n) is 0.428. The molecule has 0 atom stereocenters. The Kier molecular flexibility index (Phi) is 20.3. The quantitative estimate of drug-likeness (QED) is 0.374. The predicted molar refractivity (Wildman–Crippen MR) is 7.97 cm³/mol. The van der Waals surface area contributed by atoms with Crippen molar-refractivity contribution in [2.24, 2.45) is 0 Å². The summed E-state index contributed by atoms with van der Waals surface area (Å²) in [5.41, 5.74) is 0. The molecule has 0 aliphatic carbocycles. The van der Waals surface area contributed by atoms with E-state index in [9.17, 15) is 0 Å². The summed E-state index contributed by atoms with van der Waals surface area (Å²) in [7, 11) is 0. The van der Waals surface area contributed by atoms with Crippen LogP contribution in [0, 0.1) is 0 Å². The fraction of sp³-hybridized carbons (Fsp3) is 0. The normalized spacial score (nSPS) is 4.50. The van der Waals surface area contributed by atoms with Gasteiger partial charge in [-0.1, -0.05) is 0 Å². The third-order valence-corrected chi connectivity index (χ3v) is 0. The second kappa shape index (κ2) is 8.83. The molecule has 0 amide bonds. The molecule has 0 unspecified atom stereocenters. The van der Waals surface area contributed by atoms with Gasteiger partial charge in [0.25, 0.3) is 0 Å². The third-order valence-electron chi connectivity index (χ3n) is 0. The molecule has 0 saturated heterocycles. The first-order valence-corrected chi connectivity index (χ1v) is 2.87. The van der Waals surface area contributed by atoms with E-state index in [1.54, 1.807) is 0 Å². The molecule has 18 valence electrons. The third kappa shape index (κ3) is 9.30. The Morgan fingerprint density at radius 1 is 1.75 bits per heavy atom. The fourth-order valence-electron chi connectivity index (χ4n) is 0. The first-order chi connectivity index (χ1) is 1.41. The van der Waals surface area contributed by atoms with Gasteiger partial charge in [0, 0.05) is 0 Å². The van der Waals surface area contributed by atoms with E-state index in [2.05, 4.69) is 0 Å². The van der Waals surface area contributed by atoms with Crippen LogP contribution in [-0.2, 0) is 0 Å². The molecule has 0 fully saturated rings. The van der Waals surface area contributed by atoms with Crippen LogP contribution in [0.1, 0.15) is 0 Å². The van der Waals surface area contributed by atoms with E-state index in [4.69, 9.17) is 6.89 Å². The monoisotopic (exact) mass is 176 g/mol. The van der Waals surface area contributed by atoms with Gasteiger partial charge in [0.15, 0.2) is 0 Å². The van der Waals surface area contributed by atoms with Crippen LogP contribution in [0.15, 0.2) is 0 Å². The van der Waals surface area contributed by atoms with E-state index in [0.29, 0.717) is 0 Å². The Morgan fingerprint density at radius 3 is 1.75 bits per heavy atom. The van der Waals surface area contributed by atoms with Gasteiger partial charge in [0.1, 0.15) is 0 Å². The summed E-state index contributed by atoms with van der Waals surface area (Å²) in [4.78, 5) is 0. The SMILES string of the molecule is [Na+].[O-][Sn][OH]. The molecule has 0 aromatic carbocycles. The summed E-state index contributed by atoms with van der Waals surface area (Å²) in [6.07, 6.45) is 0. The topological polar surface area (TPSA) is 43.3 Å². The molecule has 4 heteroatoms. The van der Waals surface area contributed by atoms with Crippen molar-refractivity contribution in [3.05, 3.63) is 0 Å². The van der Waals surface area contributed by atoms with Crippen LogP contribution in [-0.4, -0.2) is 25.4 Å². The summed E-state index contributed by atoms with van der Waals surface area (Å²) in [5, 5.41) is 0. The molecule has 0 aromatic rings. The maximum absolute atomic E-state index is 8.66. The van der Waals surface area contributed by atoms with Crippen molar-refractivity contribution in [2.75, 3.05) is 0 Å². The summed E-state index contributed by atoms with van der Waals surface area (Å²) in [6.45, 7) is 0. The molecule has 0 spiro atoms. The van der Waals surface area contributed by atoms with E-state index in [0.717, 1.165) is 0 Å². The van der Waals surface area contributed by atoms with Gasteiger partial charge in [-0.2, -0.15) is 0 Å². The predicted octanol–water partition coefficient (Wildman–Crippen LogP) is -5.12. The molecule has 1 N–H and O–H groups in total. The molecule has 0 rings (SSSR count). The number of hydrogen-bond donors (Lipinski definition) is 1. The molecular formula is HNaO2Sn. The Bertz CT molecular complexity index is 6.00. The molecule has 0 heterocycles. The van der Waals surface area contributed by atoms with Crippen LogP contribution < -0.4 is 33.0 Å². The van der Waals surface area contributed by atoms with Crippen molar-refractivity contribution in [3.63, 3.8) is 0 Å². The summed E-state index contributed by atoms with van der Waals surface area (Å²) in [5.74, 6) is 0. The molecule has 0 aliphatic rings. The Balaban J connectivity index is 0. The van der Waals surface area contributed by atoms with Crippen LogP contribution in [0.4, 0.5) is 0 Å². The molecule has 0 aliphatic heterocycles. The van der Waals surface area contributed by atoms with Crippen molar-refractivity contribution in [3.8, 4) is 0 Å². The van der Waals surface area contributed by atoms with Crippen molar-refractivity contribution >= 4 is 22.0 Å². The van der Waals surface area contributed by atoms with Crippen LogP contribution in [0.25, 0.3) is 0 Å². The van der Waals surface area contributed by atoms with Crippen molar-refractivity contribution < 1.29 is 36.4 Å². The zero-order valence-electron chi connectivity index (χ0n) is 2.36. The molecule has 4 heavy (non-hydrogen) atoms. The zero-order chi connectivity index (χ0) is 2.71. The van der Waals surface area contributed by atoms with Gasteiger partial charge >= 0.3 is 58.4 Å². The average molecular weight is 175 g/mol. The average Bonchev–Trinajstić information content (AvgIpc) is 0.918. The van der Waals surface area contributed by atoms with Crippen LogP contribution >= 0.6 is 0 Å². The van der Waals surface area contributed by atoms with Gasteiger partial charge in [-0.25, -0.2) is 0 Å². The molecule has 2 radical (unpaired) electrons. The van der Waals surface area contributed by atoms with Gasteiger partial charge in [0.2, 0.25) is 0 Å². The molecule has 0 bridgehead atoms. The van der Waals surface area contributed by atoms with E-state index in [1.165, 1.54) is 0 Å². The van der Waals surface area contributed by atoms with Crippen molar-refractivity contribution in [1.82, 2.24) is 0 Å².